The summed E-state index contributed by atoms with van der Waals surface area (Å²) in [5, 5.41) is 0. The van der Waals surface area contributed by atoms with Crippen LogP contribution in [0.2, 0.25) is 0 Å². The van der Waals surface area contributed by atoms with E-state index in [1.807, 2.05) is 30.0 Å². The molecule has 0 radical (unpaired) electrons. The zero-order valence-electron chi connectivity index (χ0n) is 11.0. The molecule has 100 valence electrons. The van der Waals surface area contributed by atoms with Crippen LogP contribution in [-0.4, -0.2) is 24.7 Å². The number of benzene rings is 1. The van der Waals surface area contributed by atoms with Crippen molar-refractivity contribution in [3.05, 3.63) is 23.8 Å². The molecule has 4 heteroatoms. The van der Waals surface area contributed by atoms with Crippen molar-refractivity contribution < 1.29 is 9.47 Å². The molecule has 0 aromatic heterocycles. The highest BCUT2D eigenvalue weighted by atomic mass is 32.2. The molecule has 2 rings (SSSR count). The topological polar surface area (TPSA) is 44.5 Å². The zero-order valence-corrected chi connectivity index (χ0v) is 11.8. The van der Waals surface area contributed by atoms with E-state index >= 15 is 0 Å². The summed E-state index contributed by atoms with van der Waals surface area (Å²) in [6.45, 7) is 2.18. The third kappa shape index (κ3) is 3.12. The molecule has 0 spiro atoms. The first-order valence-electron chi connectivity index (χ1n) is 6.42. The number of fused-ring (bicyclic) bond motifs is 1. The van der Waals surface area contributed by atoms with E-state index < -0.39 is 0 Å². The highest BCUT2D eigenvalue weighted by molar-refractivity contribution is 7.99. The highest BCUT2D eigenvalue weighted by Crippen LogP contribution is 2.36. The Balaban J connectivity index is 2.04. The molecule has 1 aliphatic rings. The van der Waals surface area contributed by atoms with Crippen LogP contribution in [0.5, 0.6) is 11.5 Å². The maximum absolute atomic E-state index is 6.22. The Morgan fingerprint density at radius 2 is 2.33 bits per heavy atom. The minimum atomic E-state index is 0.0560. The predicted octanol–water partition coefficient (Wildman–Crippen LogP) is 2.99. The van der Waals surface area contributed by atoms with Gasteiger partial charge in [-0.1, -0.05) is 6.92 Å². The number of nitrogens with two attached hydrogens (primary N) is 1. The molecule has 1 aromatic carbocycles. The fourth-order valence-corrected chi connectivity index (χ4v) is 2.94. The number of hydrogen-bond acceptors (Lipinski definition) is 4. The Labute approximate surface area is 113 Å². The number of ether oxygens (including phenoxy) is 2. The van der Waals surface area contributed by atoms with Crippen LogP contribution in [0.15, 0.2) is 18.2 Å². The van der Waals surface area contributed by atoms with Crippen molar-refractivity contribution >= 4 is 11.8 Å². The third-order valence-electron chi connectivity index (χ3n) is 3.22. The van der Waals surface area contributed by atoms with Gasteiger partial charge in [0.2, 0.25) is 0 Å². The molecule has 1 aliphatic heterocycles. The molecule has 0 bridgehead atoms. The van der Waals surface area contributed by atoms with Gasteiger partial charge < -0.3 is 15.2 Å². The number of thioether (sulfide) groups is 1. The number of hydrogen-bond donors (Lipinski definition) is 1. The normalized spacial score (nSPS) is 22.2. The van der Waals surface area contributed by atoms with Gasteiger partial charge in [-0.05, 0) is 36.1 Å². The van der Waals surface area contributed by atoms with E-state index in [2.05, 4.69) is 6.92 Å². The van der Waals surface area contributed by atoms with Crippen molar-refractivity contribution in [1.29, 1.82) is 0 Å². The van der Waals surface area contributed by atoms with Crippen molar-refractivity contribution in [2.24, 2.45) is 5.73 Å². The van der Waals surface area contributed by atoms with E-state index in [1.54, 1.807) is 7.11 Å². The summed E-state index contributed by atoms with van der Waals surface area (Å²) in [4.78, 5) is 0. The first-order chi connectivity index (χ1) is 8.74. The van der Waals surface area contributed by atoms with E-state index in [4.69, 9.17) is 15.2 Å². The lowest BCUT2D eigenvalue weighted by Gasteiger charge is -2.30. The monoisotopic (exact) mass is 267 g/mol. The van der Waals surface area contributed by atoms with E-state index in [0.29, 0.717) is 0 Å². The summed E-state index contributed by atoms with van der Waals surface area (Å²) in [5.74, 6) is 4.06. The molecule has 2 N–H and O–H groups in total. The van der Waals surface area contributed by atoms with Gasteiger partial charge in [0, 0.05) is 18.0 Å². The molecule has 0 saturated heterocycles. The molecule has 2 unspecified atom stereocenters. The molecule has 18 heavy (non-hydrogen) atoms. The Morgan fingerprint density at radius 3 is 3.06 bits per heavy atom. The summed E-state index contributed by atoms with van der Waals surface area (Å²) in [5.41, 5.74) is 7.29. The van der Waals surface area contributed by atoms with E-state index in [-0.39, 0.29) is 12.1 Å². The zero-order chi connectivity index (χ0) is 13.0. The minimum absolute atomic E-state index is 0.0560. The average molecular weight is 267 g/mol. The van der Waals surface area contributed by atoms with Gasteiger partial charge in [-0.3, -0.25) is 0 Å². The molecule has 1 aromatic rings. The Hall–Kier alpha value is -0.870. The maximum Gasteiger partial charge on any atom is 0.124 e. The number of rotatable bonds is 5. The van der Waals surface area contributed by atoms with Crippen LogP contribution < -0.4 is 15.2 Å². The second-order valence-corrected chi connectivity index (χ2v) is 5.87. The lowest BCUT2D eigenvalue weighted by atomic mass is 9.96. The van der Waals surface area contributed by atoms with E-state index in [0.717, 1.165) is 41.4 Å². The standard InChI is InChI=1S/C14H21NO2S/c1-3-18-7-6-11-9-13(15)12-8-10(16-2)4-5-14(12)17-11/h4-5,8,11,13H,3,6-7,9,15H2,1-2H3. The third-order valence-corrected chi connectivity index (χ3v) is 4.15. The Bertz CT molecular complexity index is 397. The summed E-state index contributed by atoms with van der Waals surface area (Å²) in [6, 6.07) is 5.93. The fraction of sp³-hybridized carbons (Fsp3) is 0.571. The van der Waals surface area contributed by atoms with Crippen molar-refractivity contribution in [3.8, 4) is 11.5 Å². The van der Waals surface area contributed by atoms with Gasteiger partial charge in [-0.2, -0.15) is 11.8 Å². The molecule has 2 atom stereocenters. The van der Waals surface area contributed by atoms with Crippen LogP contribution in [0.1, 0.15) is 31.4 Å². The summed E-state index contributed by atoms with van der Waals surface area (Å²) >= 11 is 1.95. The van der Waals surface area contributed by atoms with Gasteiger partial charge in [0.15, 0.2) is 0 Å². The molecular weight excluding hydrogens is 246 g/mol. The van der Waals surface area contributed by atoms with Gasteiger partial charge >= 0.3 is 0 Å². The molecule has 0 aliphatic carbocycles. The van der Waals surface area contributed by atoms with Gasteiger partial charge in [0.05, 0.1) is 7.11 Å². The largest absolute Gasteiger partial charge is 0.497 e. The van der Waals surface area contributed by atoms with Gasteiger partial charge in [0.25, 0.3) is 0 Å². The first kappa shape index (κ1) is 13.6. The SMILES string of the molecule is CCSCCC1CC(N)c2cc(OC)ccc2O1. The summed E-state index contributed by atoms with van der Waals surface area (Å²) in [7, 11) is 1.67. The van der Waals surface area contributed by atoms with Crippen molar-refractivity contribution in [3.63, 3.8) is 0 Å². The highest BCUT2D eigenvalue weighted by Gasteiger charge is 2.25. The van der Waals surface area contributed by atoms with Gasteiger partial charge in [-0.15, -0.1) is 0 Å². The Morgan fingerprint density at radius 1 is 1.50 bits per heavy atom. The quantitative estimate of drug-likeness (QED) is 0.833. The van der Waals surface area contributed by atoms with Crippen LogP contribution in [0.3, 0.4) is 0 Å². The van der Waals surface area contributed by atoms with Crippen molar-refractivity contribution in [1.82, 2.24) is 0 Å². The Kier molecular flexibility index (Phi) is 4.78. The van der Waals surface area contributed by atoms with E-state index in [9.17, 15) is 0 Å². The van der Waals surface area contributed by atoms with Crippen LogP contribution in [0, 0.1) is 0 Å². The molecule has 0 saturated carbocycles. The van der Waals surface area contributed by atoms with Gasteiger partial charge in [0.1, 0.15) is 17.6 Å². The lowest BCUT2D eigenvalue weighted by Crippen LogP contribution is -2.30. The lowest BCUT2D eigenvalue weighted by molar-refractivity contribution is 0.156. The fourth-order valence-electron chi connectivity index (χ4n) is 2.22. The molecule has 0 fully saturated rings. The maximum atomic E-state index is 6.22. The van der Waals surface area contributed by atoms with Crippen LogP contribution in [0.25, 0.3) is 0 Å². The summed E-state index contributed by atoms with van der Waals surface area (Å²) in [6.07, 6.45) is 2.21. The van der Waals surface area contributed by atoms with Crippen molar-refractivity contribution in [2.45, 2.75) is 31.9 Å². The van der Waals surface area contributed by atoms with Crippen LogP contribution in [0.4, 0.5) is 0 Å². The predicted molar refractivity (Wildman–Crippen MR) is 76.6 cm³/mol. The molecule has 0 amide bonds. The summed E-state index contributed by atoms with van der Waals surface area (Å²) < 4.78 is 11.2. The van der Waals surface area contributed by atoms with Crippen LogP contribution in [-0.2, 0) is 0 Å². The molecule has 3 nitrogen and oxygen atoms in total. The smallest absolute Gasteiger partial charge is 0.124 e. The van der Waals surface area contributed by atoms with Crippen molar-refractivity contribution in [2.75, 3.05) is 18.6 Å². The average Bonchev–Trinajstić information content (AvgIpc) is 2.39. The second kappa shape index (κ2) is 6.34. The first-order valence-corrected chi connectivity index (χ1v) is 7.58. The van der Waals surface area contributed by atoms with Crippen LogP contribution >= 0.6 is 11.8 Å². The minimum Gasteiger partial charge on any atom is -0.497 e. The van der Waals surface area contributed by atoms with Gasteiger partial charge in [-0.25, -0.2) is 0 Å². The number of methoxy groups -OCH3 is 1. The molecule has 1 heterocycles. The second-order valence-electron chi connectivity index (χ2n) is 4.47. The van der Waals surface area contributed by atoms with E-state index in [1.165, 1.54) is 0 Å². The molecular formula is C14H21NO2S.